The van der Waals surface area contributed by atoms with E-state index in [2.05, 4.69) is 5.32 Å². The number of halogens is 2. The predicted molar refractivity (Wildman–Crippen MR) is 92.1 cm³/mol. The smallest absolute Gasteiger partial charge is 0.128 e. The number of hydrogen-bond acceptors (Lipinski definition) is 2. The second-order valence-electron chi connectivity index (χ2n) is 5.40. The van der Waals surface area contributed by atoms with Crippen LogP contribution in [0.1, 0.15) is 5.56 Å². The average Bonchev–Trinajstić information content (AvgIpc) is 2.61. The SMILES string of the molecule is COc1cccc(NCc2cc(-c3cccc(F)c3)ccc2F)c1. The van der Waals surface area contributed by atoms with Gasteiger partial charge >= 0.3 is 0 Å². The van der Waals surface area contributed by atoms with Crippen molar-refractivity contribution >= 4 is 5.69 Å². The molecular formula is C20H17F2NO. The van der Waals surface area contributed by atoms with Gasteiger partial charge in [-0.05, 0) is 47.5 Å². The molecule has 3 rings (SSSR count). The Morgan fingerprint density at radius 3 is 2.46 bits per heavy atom. The number of benzene rings is 3. The van der Waals surface area contributed by atoms with Gasteiger partial charge in [0.2, 0.25) is 0 Å². The molecule has 3 aromatic rings. The Balaban J connectivity index is 1.81. The van der Waals surface area contributed by atoms with E-state index in [4.69, 9.17) is 4.74 Å². The lowest BCUT2D eigenvalue weighted by Gasteiger charge is -2.11. The fourth-order valence-corrected chi connectivity index (χ4v) is 2.49. The highest BCUT2D eigenvalue weighted by molar-refractivity contribution is 5.64. The zero-order chi connectivity index (χ0) is 16.9. The molecule has 24 heavy (non-hydrogen) atoms. The van der Waals surface area contributed by atoms with Gasteiger partial charge in [-0.3, -0.25) is 0 Å². The van der Waals surface area contributed by atoms with Crippen molar-refractivity contribution < 1.29 is 13.5 Å². The maximum Gasteiger partial charge on any atom is 0.128 e. The minimum Gasteiger partial charge on any atom is -0.497 e. The first-order valence-electron chi connectivity index (χ1n) is 7.58. The second kappa shape index (κ2) is 7.13. The van der Waals surface area contributed by atoms with Crippen LogP contribution in [0.5, 0.6) is 5.75 Å². The molecule has 3 aromatic carbocycles. The van der Waals surface area contributed by atoms with E-state index in [-0.39, 0.29) is 11.6 Å². The van der Waals surface area contributed by atoms with Gasteiger partial charge in [-0.1, -0.05) is 24.3 Å². The summed E-state index contributed by atoms with van der Waals surface area (Å²) in [4.78, 5) is 0. The molecule has 0 aliphatic heterocycles. The third kappa shape index (κ3) is 3.71. The zero-order valence-corrected chi connectivity index (χ0v) is 13.2. The summed E-state index contributed by atoms with van der Waals surface area (Å²) in [5, 5.41) is 3.17. The topological polar surface area (TPSA) is 21.3 Å². The van der Waals surface area contributed by atoms with Crippen molar-refractivity contribution in [3.8, 4) is 16.9 Å². The van der Waals surface area contributed by atoms with E-state index in [0.29, 0.717) is 12.1 Å². The molecule has 0 aliphatic rings. The quantitative estimate of drug-likeness (QED) is 0.691. The molecule has 2 nitrogen and oxygen atoms in total. The first kappa shape index (κ1) is 16.0. The Morgan fingerprint density at radius 1 is 0.875 bits per heavy atom. The molecule has 0 radical (unpaired) electrons. The lowest BCUT2D eigenvalue weighted by atomic mass is 10.0. The van der Waals surface area contributed by atoms with Crippen LogP contribution in [0.2, 0.25) is 0 Å². The number of methoxy groups -OCH3 is 1. The first-order chi connectivity index (χ1) is 11.7. The highest BCUT2D eigenvalue weighted by atomic mass is 19.1. The maximum absolute atomic E-state index is 14.1. The number of ether oxygens (including phenoxy) is 1. The number of rotatable bonds is 5. The van der Waals surface area contributed by atoms with Crippen molar-refractivity contribution in [2.45, 2.75) is 6.54 Å². The number of nitrogens with one attached hydrogen (secondary N) is 1. The van der Waals surface area contributed by atoms with Gasteiger partial charge in [-0.15, -0.1) is 0 Å². The van der Waals surface area contributed by atoms with E-state index in [1.807, 2.05) is 24.3 Å². The zero-order valence-electron chi connectivity index (χ0n) is 13.2. The molecule has 0 aromatic heterocycles. The number of hydrogen-bond donors (Lipinski definition) is 1. The van der Waals surface area contributed by atoms with Crippen molar-refractivity contribution in [3.05, 3.63) is 83.9 Å². The van der Waals surface area contributed by atoms with Crippen LogP contribution < -0.4 is 10.1 Å². The summed E-state index contributed by atoms with van der Waals surface area (Å²) in [6, 6.07) is 18.5. The third-order valence-corrected chi connectivity index (χ3v) is 3.76. The van der Waals surface area contributed by atoms with Gasteiger partial charge in [0.1, 0.15) is 17.4 Å². The molecule has 0 fully saturated rings. The van der Waals surface area contributed by atoms with Crippen LogP contribution in [0.25, 0.3) is 11.1 Å². The van der Waals surface area contributed by atoms with Crippen molar-refractivity contribution in [1.82, 2.24) is 0 Å². The van der Waals surface area contributed by atoms with Crippen LogP contribution in [0, 0.1) is 11.6 Å². The Bertz CT molecular complexity index is 849. The molecule has 0 saturated heterocycles. The molecule has 4 heteroatoms. The molecule has 0 spiro atoms. The lowest BCUT2D eigenvalue weighted by molar-refractivity contribution is 0.415. The molecule has 0 aliphatic carbocycles. The van der Waals surface area contributed by atoms with Gasteiger partial charge in [-0.25, -0.2) is 8.78 Å². The van der Waals surface area contributed by atoms with Crippen LogP contribution in [0.15, 0.2) is 66.7 Å². The second-order valence-corrected chi connectivity index (χ2v) is 5.40. The molecule has 0 heterocycles. The highest BCUT2D eigenvalue weighted by Gasteiger charge is 2.06. The summed E-state index contributed by atoms with van der Waals surface area (Å²) in [7, 11) is 1.60. The molecule has 0 unspecified atom stereocenters. The van der Waals surface area contributed by atoms with Crippen molar-refractivity contribution in [3.63, 3.8) is 0 Å². The molecule has 0 bridgehead atoms. The van der Waals surface area contributed by atoms with Crippen molar-refractivity contribution in [2.75, 3.05) is 12.4 Å². The van der Waals surface area contributed by atoms with Gasteiger partial charge in [0.15, 0.2) is 0 Å². The van der Waals surface area contributed by atoms with E-state index in [1.165, 1.54) is 18.2 Å². The summed E-state index contributed by atoms with van der Waals surface area (Å²) in [6.45, 7) is 0.322. The molecular weight excluding hydrogens is 308 g/mol. The molecule has 0 saturated carbocycles. The normalized spacial score (nSPS) is 10.5. The lowest BCUT2D eigenvalue weighted by Crippen LogP contribution is -2.02. The first-order valence-corrected chi connectivity index (χ1v) is 7.58. The van der Waals surface area contributed by atoms with Crippen molar-refractivity contribution in [2.24, 2.45) is 0 Å². The molecule has 0 atom stereocenters. The molecule has 0 amide bonds. The van der Waals surface area contributed by atoms with Crippen molar-refractivity contribution in [1.29, 1.82) is 0 Å². The Hall–Kier alpha value is -2.88. The Kier molecular flexibility index (Phi) is 4.75. The van der Waals surface area contributed by atoms with E-state index in [0.717, 1.165) is 22.6 Å². The van der Waals surface area contributed by atoms with Crippen LogP contribution >= 0.6 is 0 Å². The Labute approximate surface area is 139 Å². The van der Waals surface area contributed by atoms with Crippen LogP contribution in [-0.2, 0) is 6.54 Å². The van der Waals surface area contributed by atoms with E-state index in [1.54, 1.807) is 31.4 Å². The van der Waals surface area contributed by atoms with Gasteiger partial charge in [-0.2, -0.15) is 0 Å². The van der Waals surface area contributed by atoms with Crippen LogP contribution in [0.4, 0.5) is 14.5 Å². The summed E-state index contributed by atoms with van der Waals surface area (Å²) in [6.07, 6.45) is 0. The van der Waals surface area contributed by atoms with Crippen LogP contribution in [-0.4, -0.2) is 7.11 Å². The third-order valence-electron chi connectivity index (χ3n) is 3.76. The molecule has 122 valence electrons. The van der Waals surface area contributed by atoms with Gasteiger partial charge in [0.05, 0.1) is 7.11 Å². The minimum atomic E-state index is -0.312. The monoisotopic (exact) mass is 325 g/mol. The summed E-state index contributed by atoms with van der Waals surface area (Å²) in [5.41, 5.74) is 2.85. The van der Waals surface area contributed by atoms with Gasteiger partial charge in [0, 0.05) is 23.9 Å². The van der Waals surface area contributed by atoms with Gasteiger partial charge in [0.25, 0.3) is 0 Å². The van der Waals surface area contributed by atoms with Crippen LogP contribution in [0.3, 0.4) is 0 Å². The van der Waals surface area contributed by atoms with E-state index >= 15 is 0 Å². The highest BCUT2D eigenvalue weighted by Crippen LogP contribution is 2.24. The maximum atomic E-state index is 14.1. The standard InChI is InChI=1S/C20H17F2NO/c1-24-19-7-3-6-18(12-19)23-13-16-10-15(8-9-20(16)22)14-4-2-5-17(21)11-14/h2-12,23H,13H2,1H3. The largest absolute Gasteiger partial charge is 0.497 e. The Morgan fingerprint density at radius 2 is 1.67 bits per heavy atom. The summed E-state index contributed by atoms with van der Waals surface area (Å²) < 4.78 is 32.6. The summed E-state index contributed by atoms with van der Waals surface area (Å²) >= 11 is 0. The fourth-order valence-electron chi connectivity index (χ4n) is 2.49. The summed E-state index contributed by atoms with van der Waals surface area (Å²) in [5.74, 6) is 0.118. The predicted octanol–water partition coefficient (Wildman–Crippen LogP) is 5.25. The van der Waals surface area contributed by atoms with E-state index < -0.39 is 0 Å². The van der Waals surface area contributed by atoms with E-state index in [9.17, 15) is 8.78 Å². The number of anilines is 1. The minimum absolute atomic E-state index is 0.300. The molecule has 1 N–H and O–H groups in total. The average molecular weight is 325 g/mol. The van der Waals surface area contributed by atoms with Gasteiger partial charge < -0.3 is 10.1 Å². The fraction of sp³-hybridized carbons (Fsp3) is 0.100.